The van der Waals surface area contributed by atoms with Crippen molar-refractivity contribution in [3.05, 3.63) is 70.0 Å². The number of aliphatic imine (C=N–C) groups is 1. The van der Waals surface area contributed by atoms with E-state index < -0.39 is 17.4 Å². The molecule has 1 aliphatic heterocycles. The van der Waals surface area contributed by atoms with E-state index >= 15 is 0 Å². The predicted octanol–water partition coefficient (Wildman–Crippen LogP) is 5.49. The molecule has 0 bridgehead atoms. The van der Waals surface area contributed by atoms with Crippen LogP contribution in [0.2, 0.25) is 5.02 Å². The van der Waals surface area contributed by atoms with Crippen LogP contribution in [0.1, 0.15) is 74.4 Å². The van der Waals surface area contributed by atoms with Crippen LogP contribution in [0.25, 0.3) is 0 Å². The zero-order chi connectivity index (χ0) is 28.4. The van der Waals surface area contributed by atoms with Crippen molar-refractivity contribution in [1.29, 1.82) is 0 Å². The van der Waals surface area contributed by atoms with Crippen LogP contribution in [-0.4, -0.2) is 52.3 Å². The van der Waals surface area contributed by atoms with Crippen LogP contribution >= 0.6 is 11.6 Å². The van der Waals surface area contributed by atoms with Crippen LogP contribution in [0, 0.1) is 17.2 Å². The smallest absolute Gasteiger partial charge is 0.305 e. The molecule has 9 heteroatoms. The minimum atomic E-state index is -0.971. The number of aliphatic carboxylic acids is 1. The summed E-state index contributed by atoms with van der Waals surface area (Å²) in [7, 11) is 0. The van der Waals surface area contributed by atoms with Crippen molar-refractivity contribution in [2.45, 2.75) is 65.0 Å². The first kappa shape index (κ1) is 28.7. The average molecular weight is 556 g/mol. The van der Waals surface area contributed by atoms with Crippen molar-refractivity contribution in [1.82, 2.24) is 10.2 Å². The minimum Gasteiger partial charge on any atom is -0.481 e. The van der Waals surface area contributed by atoms with E-state index in [1.165, 1.54) is 12.1 Å². The number of benzene rings is 2. The van der Waals surface area contributed by atoms with Gasteiger partial charge >= 0.3 is 5.97 Å². The number of carboxylic acid groups (broad SMARTS) is 1. The Morgan fingerprint density at radius 3 is 2.41 bits per heavy atom. The Kier molecular flexibility index (Phi) is 8.45. The quantitative estimate of drug-likeness (QED) is 0.450. The first-order chi connectivity index (χ1) is 18.4. The Morgan fingerprint density at radius 1 is 1.15 bits per heavy atom. The molecule has 7 nitrogen and oxygen atoms in total. The van der Waals surface area contributed by atoms with Crippen molar-refractivity contribution in [3.8, 4) is 0 Å². The molecule has 2 N–H and O–H groups in total. The van der Waals surface area contributed by atoms with Gasteiger partial charge in [0.1, 0.15) is 17.2 Å². The Morgan fingerprint density at radius 2 is 1.82 bits per heavy atom. The topological polar surface area (TPSA) is 99.1 Å². The SMILES string of the molecule is CC(C)(C)C1CCC2(CC1)N=C(c1ccc(F)c(Cl)c1)C(=O)N2CCc1ccc(C(=O)NCCC(=O)O)cc1. The highest BCUT2D eigenvalue weighted by molar-refractivity contribution is 6.47. The van der Waals surface area contributed by atoms with Gasteiger partial charge in [-0.1, -0.05) is 44.5 Å². The molecular formula is C30H35ClFN3O4. The summed E-state index contributed by atoms with van der Waals surface area (Å²) >= 11 is 6.03. The van der Waals surface area contributed by atoms with Gasteiger partial charge in [-0.3, -0.25) is 19.4 Å². The highest BCUT2D eigenvalue weighted by Gasteiger charge is 2.49. The fourth-order valence-corrected chi connectivity index (χ4v) is 5.73. The minimum absolute atomic E-state index is 0.0426. The monoisotopic (exact) mass is 555 g/mol. The highest BCUT2D eigenvalue weighted by atomic mass is 35.5. The van der Waals surface area contributed by atoms with Gasteiger partial charge in [0.15, 0.2) is 0 Å². The summed E-state index contributed by atoms with van der Waals surface area (Å²) < 4.78 is 13.8. The second-order valence-corrected chi connectivity index (χ2v) is 11.9. The Labute approximate surface area is 233 Å². The number of carboxylic acids is 1. The van der Waals surface area contributed by atoms with Gasteiger partial charge < -0.3 is 15.3 Å². The van der Waals surface area contributed by atoms with Crippen LogP contribution in [0.3, 0.4) is 0 Å². The molecule has 1 spiro atoms. The van der Waals surface area contributed by atoms with Crippen LogP contribution < -0.4 is 5.32 Å². The third-order valence-corrected chi connectivity index (χ3v) is 8.23. The summed E-state index contributed by atoms with van der Waals surface area (Å²) in [6, 6.07) is 11.4. The van der Waals surface area contributed by atoms with E-state index in [9.17, 15) is 18.8 Å². The third kappa shape index (κ3) is 6.49. The lowest BCUT2D eigenvalue weighted by Crippen LogP contribution is -2.50. The number of nitrogens with one attached hydrogen (secondary N) is 1. The van der Waals surface area contributed by atoms with E-state index in [0.29, 0.717) is 35.7 Å². The van der Waals surface area contributed by atoms with Crippen LogP contribution in [0.4, 0.5) is 4.39 Å². The number of rotatable bonds is 8. The van der Waals surface area contributed by atoms with Gasteiger partial charge in [0, 0.05) is 24.2 Å². The van der Waals surface area contributed by atoms with Gasteiger partial charge in [-0.15, -0.1) is 0 Å². The Hall–Kier alpha value is -3.26. The number of carbonyl (C=O) groups is 3. The second-order valence-electron chi connectivity index (χ2n) is 11.5. The zero-order valence-corrected chi connectivity index (χ0v) is 23.4. The molecule has 1 heterocycles. The number of halogens is 2. The molecule has 0 atom stereocenters. The summed E-state index contributed by atoms with van der Waals surface area (Å²) in [5, 5.41) is 11.3. The van der Waals surface area contributed by atoms with Crippen LogP contribution in [0.5, 0.6) is 0 Å². The molecular weight excluding hydrogens is 521 g/mol. The fourth-order valence-electron chi connectivity index (χ4n) is 5.55. The normalized spacial score (nSPS) is 21.3. The largest absolute Gasteiger partial charge is 0.481 e. The molecule has 39 heavy (non-hydrogen) atoms. The van der Waals surface area contributed by atoms with Crippen molar-refractivity contribution in [3.63, 3.8) is 0 Å². The maximum Gasteiger partial charge on any atom is 0.305 e. The lowest BCUT2D eigenvalue weighted by Gasteiger charge is -2.45. The number of nitrogens with zero attached hydrogens (tertiary/aromatic N) is 2. The van der Waals surface area contributed by atoms with Crippen LogP contribution in [0.15, 0.2) is 47.5 Å². The summed E-state index contributed by atoms with van der Waals surface area (Å²) in [4.78, 5) is 43.5. The standard InChI is InChI=1S/C30H35ClFN3O4/c1-29(2,3)22-10-14-30(15-11-22)34-26(21-8-9-24(32)23(31)18-21)28(39)35(30)17-13-19-4-6-20(7-5-19)27(38)33-16-12-25(36)37/h4-9,18,22H,10-17H2,1-3H3,(H,33,38)(H,36,37). The van der Waals surface area contributed by atoms with E-state index in [-0.39, 0.29) is 35.2 Å². The molecule has 2 amide bonds. The van der Waals surface area contributed by atoms with Gasteiger partial charge in [0.05, 0.1) is 11.4 Å². The van der Waals surface area contributed by atoms with Gasteiger partial charge in [0.2, 0.25) is 0 Å². The van der Waals surface area contributed by atoms with Crippen molar-refractivity contribution in [2.24, 2.45) is 16.3 Å². The molecule has 1 fully saturated rings. The lowest BCUT2D eigenvalue weighted by molar-refractivity contribution is -0.136. The van der Waals surface area contributed by atoms with Crippen LogP contribution in [-0.2, 0) is 16.0 Å². The molecule has 0 saturated heterocycles. The predicted molar refractivity (Wildman–Crippen MR) is 149 cm³/mol. The summed E-state index contributed by atoms with van der Waals surface area (Å²) in [6.07, 6.45) is 3.87. The fraction of sp³-hybridized carbons (Fsp3) is 0.467. The number of hydrogen-bond donors (Lipinski definition) is 2. The Bertz CT molecular complexity index is 1280. The first-order valence-electron chi connectivity index (χ1n) is 13.4. The molecule has 1 saturated carbocycles. The van der Waals surface area contributed by atoms with E-state index in [0.717, 1.165) is 31.2 Å². The van der Waals surface area contributed by atoms with Gasteiger partial charge in [-0.25, -0.2) is 4.39 Å². The summed E-state index contributed by atoms with van der Waals surface area (Å²) in [5.74, 6) is -1.48. The second kappa shape index (κ2) is 11.5. The Balaban J connectivity index is 1.51. The molecule has 2 aromatic rings. The molecule has 0 aromatic heterocycles. The first-order valence-corrected chi connectivity index (χ1v) is 13.7. The van der Waals surface area contributed by atoms with E-state index in [1.54, 1.807) is 18.2 Å². The highest BCUT2D eigenvalue weighted by Crippen LogP contribution is 2.46. The zero-order valence-electron chi connectivity index (χ0n) is 22.6. The maximum atomic E-state index is 13.8. The molecule has 0 radical (unpaired) electrons. The lowest BCUT2D eigenvalue weighted by atomic mass is 9.69. The van der Waals surface area contributed by atoms with E-state index in [2.05, 4.69) is 26.1 Å². The molecule has 0 unspecified atom stereocenters. The summed E-state index contributed by atoms with van der Waals surface area (Å²) in [5.41, 5.74) is 1.77. The maximum absolute atomic E-state index is 13.8. The number of carbonyl (C=O) groups excluding carboxylic acids is 2. The van der Waals surface area contributed by atoms with Gasteiger partial charge in [0.25, 0.3) is 11.8 Å². The average Bonchev–Trinajstić information content (AvgIpc) is 3.14. The van der Waals surface area contributed by atoms with Crippen molar-refractivity contribution in [2.75, 3.05) is 13.1 Å². The van der Waals surface area contributed by atoms with E-state index in [1.807, 2.05) is 17.0 Å². The number of hydrogen-bond acceptors (Lipinski definition) is 4. The third-order valence-electron chi connectivity index (χ3n) is 7.94. The van der Waals surface area contributed by atoms with E-state index in [4.69, 9.17) is 21.7 Å². The van der Waals surface area contributed by atoms with Gasteiger partial charge in [-0.2, -0.15) is 0 Å². The van der Waals surface area contributed by atoms with Crippen molar-refractivity contribution < 1.29 is 23.9 Å². The summed E-state index contributed by atoms with van der Waals surface area (Å²) in [6.45, 7) is 7.26. The molecule has 1 aliphatic carbocycles. The number of amides is 2. The molecule has 2 aromatic carbocycles. The molecule has 4 rings (SSSR count). The molecule has 208 valence electrons. The molecule has 2 aliphatic rings. The van der Waals surface area contributed by atoms with Gasteiger partial charge in [-0.05, 0) is 79.3 Å². The van der Waals surface area contributed by atoms with Crippen molar-refractivity contribution >= 4 is 35.1 Å².